The van der Waals surface area contributed by atoms with Crippen LogP contribution in [0.25, 0.3) is 0 Å². The Balaban J connectivity index is 1.88. The van der Waals surface area contributed by atoms with E-state index in [1.165, 1.54) is 12.5 Å². The molecule has 140 valence electrons. The number of Topliss-reactive ketones (excluding diaryl/α,β-unsaturated/α-hetero) is 1. The van der Waals surface area contributed by atoms with E-state index in [1.807, 2.05) is 12.1 Å². The van der Waals surface area contributed by atoms with Crippen molar-refractivity contribution in [1.82, 2.24) is 10.3 Å². The first-order chi connectivity index (χ1) is 12.1. The molecule has 0 fully saturated rings. The first kappa shape index (κ1) is 19.8. The minimum atomic E-state index is -0.232. The van der Waals surface area contributed by atoms with Gasteiger partial charge in [0, 0.05) is 11.3 Å². The van der Waals surface area contributed by atoms with Crippen LogP contribution in [0.4, 0.5) is 0 Å². The van der Waals surface area contributed by atoms with Gasteiger partial charge in [0.15, 0.2) is 5.78 Å². The van der Waals surface area contributed by atoms with E-state index in [-0.39, 0.29) is 17.1 Å². The van der Waals surface area contributed by atoms with Crippen LogP contribution >= 0.6 is 0 Å². The molecular formula is C21H28N2O3. The highest BCUT2D eigenvalue weighted by Crippen LogP contribution is 2.24. The monoisotopic (exact) mass is 356 g/mol. The Morgan fingerprint density at radius 2 is 1.73 bits per heavy atom. The van der Waals surface area contributed by atoms with Gasteiger partial charge in [0.25, 0.3) is 5.91 Å². The Kier molecular flexibility index (Phi) is 5.90. The number of hydrogen-bond donors (Lipinski definition) is 2. The highest BCUT2D eigenvalue weighted by Gasteiger charge is 2.19. The molecule has 0 radical (unpaired) electrons. The van der Waals surface area contributed by atoms with Crippen molar-refractivity contribution < 1.29 is 14.3 Å². The number of carbonyl (C=O) groups is 2. The van der Waals surface area contributed by atoms with E-state index in [2.05, 4.69) is 43.2 Å². The maximum atomic E-state index is 12.3. The summed E-state index contributed by atoms with van der Waals surface area (Å²) in [7, 11) is 0. The summed E-state index contributed by atoms with van der Waals surface area (Å²) in [5.41, 5.74) is 3.78. The quantitative estimate of drug-likeness (QED) is 0.608. The number of aryl methyl sites for hydroxylation is 1. The molecule has 1 amide bonds. The Morgan fingerprint density at radius 3 is 2.23 bits per heavy atom. The van der Waals surface area contributed by atoms with Crippen molar-refractivity contribution in [3.63, 3.8) is 0 Å². The van der Waals surface area contributed by atoms with Crippen LogP contribution in [0.3, 0.4) is 0 Å². The Hall–Kier alpha value is -2.56. The zero-order valence-corrected chi connectivity index (χ0v) is 16.4. The van der Waals surface area contributed by atoms with Gasteiger partial charge < -0.3 is 15.0 Å². The molecule has 1 aromatic carbocycles. The van der Waals surface area contributed by atoms with Crippen LogP contribution in [-0.4, -0.2) is 29.8 Å². The normalized spacial score (nSPS) is 11.3. The van der Waals surface area contributed by atoms with E-state index in [0.29, 0.717) is 30.0 Å². The van der Waals surface area contributed by atoms with Crippen LogP contribution in [0, 0.1) is 13.8 Å². The lowest BCUT2D eigenvalue weighted by atomic mass is 9.87. The van der Waals surface area contributed by atoms with Gasteiger partial charge in [-0.25, -0.2) is 0 Å². The maximum absolute atomic E-state index is 12.3. The van der Waals surface area contributed by atoms with Crippen molar-refractivity contribution in [3.8, 4) is 5.75 Å². The fraction of sp³-hybridized carbons (Fsp3) is 0.429. The lowest BCUT2D eigenvalue weighted by molar-refractivity contribution is 0.0941. The zero-order valence-electron chi connectivity index (χ0n) is 16.4. The summed E-state index contributed by atoms with van der Waals surface area (Å²) in [5, 5.41) is 2.82. The van der Waals surface area contributed by atoms with Gasteiger partial charge in [-0.2, -0.15) is 0 Å². The molecule has 1 heterocycles. The molecule has 2 N–H and O–H groups in total. The van der Waals surface area contributed by atoms with Gasteiger partial charge in [0.2, 0.25) is 0 Å². The average molecular weight is 356 g/mol. The number of aromatic amines is 1. The van der Waals surface area contributed by atoms with E-state index in [0.717, 1.165) is 11.4 Å². The number of H-pyrrole nitrogens is 1. The molecule has 0 unspecified atom stereocenters. The fourth-order valence-corrected chi connectivity index (χ4v) is 2.98. The predicted octanol–water partition coefficient (Wildman–Crippen LogP) is 3.94. The van der Waals surface area contributed by atoms with Crippen molar-refractivity contribution in [1.29, 1.82) is 0 Å². The maximum Gasteiger partial charge on any atom is 0.268 e. The van der Waals surface area contributed by atoms with Crippen LogP contribution < -0.4 is 10.1 Å². The fourth-order valence-electron chi connectivity index (χ4n) is 2.98. The third-order valence-corrected chi connectivity index (χ3v) is 4.39. The Bertz CT molecular complexity index is 796. The second kappa shape index (κ2) is 7.77. The molecule has 0 saturated carbocycles. The van der Waals surface area contributed by atoms with Crippen molar-refractivity contribution in [2.24, 2.45) is 0 Å². The van der Waals surface area contributed by atoms with Gasteiger partial charge in [-0.1, -0.05) is 32.9 Å². The Morgan fingerprint density at radius 1 is 1.12 bits per heavy atom. The number of benzene rings is 1. The average Bonchev–Trinajstić information content (AvgIpc) is 2.85. The highest BCUT2D eigenvalue weighted by atomic mass is 16.5. The number of rotatable bonds is 6. The lowest BCUT2D eigenvalue weighted by Crippen LogP contribution is -2.29. The molecule has 0 spiro atoms. The third-order valence-electron chi connectivity index (χ3n) is 4.39. The Labute approximate surface area is 155 Å². The SMILES string of the molecule is CC(=O)c1c(C)[nH]c(C(=O)NCCOc2ccc(C(C)(C)C)cc2)c1C. The first-order valence-corrected chi connectivity index (χ1v) is 8.83. The molecule has 2 aromatic rings. The number of ether oxygens (including phenoxy) is 1. The first-order valence-electron chi connectivity index (χ1n) is 8.83. The predicted molar refractivity (Wildman–Crippen MR) is 103 cm³/mol. The highest BCUT2D eigenvalue weighted by molar-refractivity contribution is 6.02. The molecule has 26 heavy (non-hydrogen) atoms. The second-order valence-electron chi connectivity index (χ2n) is 7.56. The topological polar surface area (TPSA) is 71.2 Å². The van der Waals surface area contributed by atoms with Crippen molar-refractivity contribution >= 4 is 11.7 Å². The number of ketones is 1. The van der Waals surface area contributed by atoms with E-state index >= 15 is 0 Å². The van der Waals surface area contributed by atoms with Crippen molar-refractivity contribution in [2.45, 2.75) is 47.0 Å². The summed E-state index contributed by atoms with van der Waals surface area (Å²) >= 11 is 0. The lowest BCUT2D eigenvalue weighted by Gasteiger charge is -2.19. The number of carbonyl (C=O) groups excluding carboxylic acids is 2. The summed E-state index contributed by atoms with van der Waals surface area (Å²) in [4.78, 5) is 27.0. The van der Waals surface area contributed by atoms with Gasteiger partial charge in [0.05, 0.1) is 6.54 Å². The van der Waals surface area contributed by atoms with E-state index in [9.17, 15) is 9.59 Å². The third kappa shape index (κ3) is 4.54. The standard InChI is InChI=1S/C21H28N2O3/c1-13-18(15(3)24)14(2)23-19(13)20(25)22-11-12-26-17-9-7-16(8-10-17)21(4,5)6/h7-10,23H,11-12H2,1-6H3,(H,22,25). The largest absolute Gasteiger partial charge is 0.492 e. The molecule has 1 aromatic heterocycles. The van der Waals surface area contributed by atoms with Gasteiger partial charge in [-0.3, -0.25) is 9.59 Å². The van der Waals surface area contributed by atoms with E-state index in [1.54, 1.807) is 13.8 Å². The molecule has 0 bridgehead atoms. The van der Waals surface area contributed by atoms with Crippen LogP contribution in [0.15, 0.2) is 24.3 Å². The molecule has 5 nitrogen and oxygen atoms in total. The number of nitrogens with one attached hydrogen (secondary N) is 2. The molecule has 5 heteroatoms. The molecular weight excluding hydrogens is 328 g/mol. The minimum absolute atomic E-state index is 0.0441. The number of hydrogen-bond acceptors (Lipinski definition) is 3. The van der Waals surface area contributed by atoms with Gasteiger partial charge >= 0.3 is 0 Å². The summed E-state index contributed by atoms with van der Waals surface area (Å²) < 4.78 is 5.68. The van der Waals surface area contributed by atoms with Gasteiger partial charge in [0.1, 0.15) is 18.1 Å². The van der Waals surface area contributed by atoms with Gasteiger partial charge in [-0.05, 0) is 49.4 Å². The smallest absolute Gasteiger partial charge is 0.268 e. The summed E-state index contributed by atoms with van der Waals surface area (Å²) in [5.74, 6) is 0.500. The van der Waals surface area contributed by atoms with Gasteiger partial charge in [-0.15, -0.1) is 0 Å². The number of aromatic nitrogens is 1. The molecule has 0 aliphatic rings. The summed E-state index contributed by atoms with van der Waals surface area (Å²) in [6.45, 7) is 12.3. The van der Waals surface area contributed by atoms with E-state index < -0.39 is 0 Å². The summed E-state index contributed by atoms with van der Waals surface area (Å²) in [6, 6.07) is 8.00. The van der Waals surface area contributed by atoms with Crippen LogP contribution in [0.1, 0.15) is 65.4 Å². The summed E-state index contributed by atoms with van der Waals surface area (Å²) in [6.07, 6.45) is 0. The number of amides is 1. The molecule has 0 aliphatic heterocycles. The zero-order chi connectivity index (χ0) is 19.5. The van der Waals surface area contributed by atoms with E-state index in [4.69, 9.17) is 4.74 Å². The molecule has 0 atom stereocenters. The van der Waals surface area contributed by atoms with Crippen molar-refractivity contribution in [2.75, 3.05) is 13.2 Å². The second-order valence-corrected chi connectivity index (χ2v) is 7.56. The van der Waals surface area contributed by atoms with Crippen LogP contribution in [0.5, 0.6) is 5.75 Å². The van der Waals surface area contributed by atoms with Crippen LogP contribution in [-0.2, 0) is 5.41 Å². The molecule has 2 rings (SSSR count). The van der Waals surface area contributed by atoms with Crippen molar-refractivity contribution in [3.05, 3.63) is 52.3 Å². The molecule has 0 saturated heterocycles. The minimum Gasteiger partial charge on any atom is -0.492 e. The van der Waals surface area contributed by atoms with Crippen LogP contribution in [0.2, 0.25) is 0 Å². The molecule has 0 aliphatic carbocycles.